The largest absolute Gasteiger partial charge is 0.456 e. The molecule has 0 fully saturated rings. The van der Waals surface area contributed by atoms with Gasteiger partial charge in [0, 0.05) is 120 Å². The molecule has 0 aliphatic heterocycles. The average Bonchev–Trinajstić information content (AvgIpc) is 1.72. The maximum absolute atomic E-state index is 6.09. The van der Waals surface area contributed by atoms with Crippen molar-refractivity contribution in [2.75, 3.05) is 0 Å². The summed E-state index contributed by atoms with van der Waals surface area (Å²) < 4.78 is 20.9. The van der Waals surface area contributed by atoms with E-state index in [1.807, 2.05) is 12.1 Å². The summed E-state index contributed by atoms with van der Waals surface area (Å²) in [7, 11) is 0. The van der Waals surface area contributed by atoms with Gasteiger partial charge in [-0.2, -0.15) is 0 Å². The first-order valence-corrected chi connectivity index (χ1v) is 47.6. The van der Waals surface area contributed by atoms with Gasteiger partial charge >= 0.3 is 0 Å². The molecular formula is C130H88N6O. The van der Waals surface area contributed by atoms with Crippen molar-refractivity contribution >= 4 is 164 Å². The number of hydrogen-bond donors (Lipinski definition) is 0. The molecule has 28 aromatic rings. The van der Waals surface area contributed by atoms with Gasteiger partial charge in [0.2, 0.25) is 0 Å². The van der Waals surface area contributed by atoms with E-state index in [1.54, 1.807) is 0 Å². The number of furan rings is 1. The summed E-state index contributed by atoms with van der Waals surface area (Å²) in [5.41, 5.74) is 39.2. The zero-order valence-corrected chi connectivity index (χ0v) is 76.0. The third-order valence-electron chi connectivity index (χ3n) is 30.1. The molecule has 0 atom stereocenters. The number of aromatic nitrogens is 6. The van der Waals surface area contributed by atoms with Gasteiger partial charge in [0.25, 0.3) is 0 Å². The monoisotopic (exact) mass is 1750 g/mol. The highest BCUT2D eigenvalue weighted by Gasteiger charge is 2.38. The first kappa shape index (κ1) is 78.2. The van der Waals surface area contributed by atoms with Gasteiger partial charge in [-0.05, 0) is 211 Å². The number of benzene rings is 21. The van der Waals surface area contributed by atoms with Crippen LogP contribution in [0.2, 0.25) is 0 Å². The van der Waals surface area contributed by atoms with Crippen LogP contribution < -0.4 is 0 Å². The molecule has 0 saturated carbocycles. The Morgan fingerprint density at radius 3 is 0.949 bits per heavy atom. The quantitative estimate of drug-likeness (QED) is 0.149. The summed E-state index contributed by atoms with van der Waals surface area (Å²) in [4.78, 5) is 0. The molecule has 2 aliphatic rings. The molecule has 644 valence electrons. The van der Waals surface area contributed by atoms with Crippen molar-refractivity contribution in [3.63, 3.8) is 0 Å². The Balaban J connectivity index is 0.000000102. The first-order chi connectivity index (χ1) is 67.5. The van der Waals surface area contributed by atoms with Gasteiger partial charge < -0.3 is 31.8 Å². The normalized spacial score (nSPS) is 13.1. The predicted molar refractivity (Wildman–Crippen MR) is 576 cm³/mol. The second-order valence-corrected chi connectivity index (χ2v) is 38.1. The molecule has 21 aromatic carbocycles. The van der Waals surface area contributed by atoms with Crippen LogP contribution in [0, 0.1) is 0 Å². The fourth-order valence-corrected chi connectivity index (χ4v) is 23.9. The summed E-state index contributed by atoms with van der Waals surface area (Å²) >= 11 is 0. The molecule has 7 nitrogen and oxygen atoms in total. The van der Waals surface area contributed by atoms with Crippen LogP contribution in [-0.4, -0.2) is 27.4 Å². The molecule has 7 heteroatoms. The summed E-state index contributed by atoms with van der Waals surface area (Å²) in [6.07, 6.45) is 0. The van der Waals surface area contributed by atoms with Gasteiger partial charge in [-0.3, -0.25) is 0 Å². The lowest BCUT2D eigenvalue weighted by molar-refractivity contribution is 0.660. The molecule has 2 aliphatic carbocycles. The van der Waals surface area contributed by atoms with Gasteiger partial charge in [-0.25, -0.2) is 0 Å². The average molecular weight is 1750 g/mol. The molecule has 0 bridgehead atoms. The highest BCUT2D eigenvalue weighted by molar-refractivity contribution is 6.30. The predicted octanol–water partition coefficient (Wildman–Crippen LogP) is 34.6. The molecule has 0 radical (unpaired) electrons. The third kappa shape index (κ3) is 11.6. The van der Waals surface area contributed by atoms with Gasteiger partial charge in [-0.15, -0.1) is 0 Å². The lowest BCUT2D eigenvalue weighted by Crippen LogP contribution is -2.15. The SMILES string of the molecule is CC1(C)c2ccccc2-c2cc(-c3ccc(-n4c5ccccc5c5ccc6c7ccccc7n(-c7ccccc7)c6c54)cc3)ccc21.CC1(C)c2ccccc2-c2ccc(-n3c4ccc5ccccc5c4c4ccc5c6ccccc6n(-c6ccccc6)c5c43)cc21.c1ccc(-n2c3ccccc3c3ccc4c5ccccc5n(-c5ccc(-c6ccc7oc8ccccc8c7c6)cc5)c4c32)cc1. The van der Waals surface area contributed by atoms with Crippen molar-refractivity contribution in [1.82, 2.24) is 27.4 Å². The zero-order valence-electron chi connectivity index (χ0n) is 76.0. The standard InChI is InChI=1S/C45H32N2.C43H30N2.C42H26N2O/c1-45(2)39-17-9-6-14-33(39)38-28-30(22-27-40(38)45)29-20-23-32(24-21-29)47-42-19-11-8-16-35(42)37-26-25-36-34-15-7-10-18-41(34)46(43(36)44(37)47)31-12-4-3-5-13-31;1-43(2)36-18-10-8-16-31(36)32-22-21-29(26-37(32)43)45-39-25-20-27-12-6-7-15-30(27)40(39)35-24-23-34-33-17-9-11-19-38(33)44(41(34)42(35)45)28-13-4-3-5-14-28;1-2-10-29(11-3-1)43-37-15-7-4-12-31(37)34-23-24-35-32-13-5-8-16-38(32)44(42(35)41(34)43)30-21-18-27(19-22-30)28-20-25-40-36(26-28)33-14-6-9-17-39(33)45-40/h3-28H,1-2H3;3-26H,1-2H3;1-26H. The highest BCUT2D eigenvalue weighted by Crippen LogP contribution is 2.54. The molecule has 137 heavy (non-hydrogen) atoms. The molecule has 0 amide bonds. The van der Waals surface area contributed by atoms with Crippen molar-refractivity contribution in [3.05, 3.63) is 483 Å². The Kier molecular flexibility index (Phi) is 17.1. The van der Waals surface area contributed by atoms with Crippen molar-refractivity contribution in [2.24, 2.45) is 0 Å². The number of rotatable bonds is 8. The van der Waals surface area contributed by atoms with E-state index in [2.05, 4.69) is 504 Å². The Morgan fingerprint density at radius 1 is 0.168 bits per heavy atom. The molecule has 0 spiro atoms. The van der Waals surface area contributed by atoms with Crippen LogP contribution in [0.15, 0.2) is 465 Å². The summed E-state index contributed by atoms with van der Waals surface area (Å²) in [6, 6.07) is 168. The van der Waals surface area contributed by atoms with Gasteiger partial charge in [-0.1, -0.05) is 355 Å². The van der Waals surface area contributed by atoms with E-state index in [4.69, 9.17) is 4.42 Å². The number of fused-ring (bicyclic) bond motifs is 32. The lowest BCUT2D eigenvalue weighted by atomic mass is 9.82. The minimum Gasteiger partial charge on any atom is -0.456 e. The van der Waals surface area contributed by atoms with Gasteiger partial charge in [0.1, 0.15) is 11.2 Å². The van der Waals surface area contributed by atoms with Crippen LogP contribution >= 0.6 is 0 Å². The summed E-state index contributed by atoms with van der Waals surface area (Å²) in [5, 5.41) is 20.0. The van der Waals surface area contributed by atoms with Gasteiger partial charge in [0.05, 0.1) is 66.2 Å². The molecule has 30 rings (SSSR count). The minimum absolute atomic E-state index is 0.0123. The number of nitrogens with zero attached hydrogens (tertiary/aromatic N) is 6. The second kappa shape index (κ2) is 30.0. The van der Waals surface area contributed by atoms with E-state index in [0.29, 0.717) is 0 Å². The minimum atomic E-state index is -0.0817. The first-order valence-electron chi connectivity index (χ1n) is 47.6. The van der Waals surface area contributed by atoms with Crippen LogP contribution in [0.4, 0.5) is 0 Å². The maximum Gasteiger partial charge on any atom is 0.135 e. The van der Waals surface area contributed by atoms with Crippen molar-refractivity contribution < 1.29 is 4.42 Å². The molecule has 0 N–H and O–H groups in total. The fraction of sp³-hybridized carbons (Fsp3) is 0.0462. The van der Waals surface area contributed by atoms with Crippen molar-refractivity contribution in [1.29, 1.82) is 0 Å². The smallest absolute Gasteiger partial charge is 0.135 e. The van der Waals surface area contributed by atoms with E-state index in [-0.39, 0.29) is 10.8 Å². The highest BCUT2D eigenvalue weighted by atomic mass is 16.3. The molecular weight excluding hydrogens is 1660 g/mol. The Bertz CT molecular complexity index is 9900. The van der Waals surface area contributed by atoms with E-state index >= 15 is 0 Å². The van der Waals surface area contributed by atoms with Gasteiger partial charge in [0.15, 0.2) is 0 Å². The molecule has 0 saturated heterocycles. The fourth-order valence-electron chi connectivity index (χ4n) is 23.9. The Hall–Kier alpha value is -17.5. The van der Waals surface area contributed by atoms with Crippen molar-refractivity contribution in [3.8, 4) is 78.6 Å². The lowest BCUT2D eigenvalue weighted by Gasteiger charge is -2.22. The van der Waals surface area contributed by atoms with Crippen LogP contribution in [0.5, 0.6) is 0 Å². The van der Waals surface area contributed by atoms with Crippen molar-refractivity contribution in [2.45, 2.75) is 38.5 Å². The molecule has 0 unspecified atom stereocenters. The van der Waals surface area contributed by atoms with E-state index in [9.17, 15) is 0 Å². The summed E-state index contributed by atoms with van der Waals surface area (Å²) in [6.45, 7) is 9.41. The van der Waals surface area contributed by atoms with Crippen LogP contribution in [0.1, 0.15) is 49.9 Å². The van der Waals surface area contributed by atoms with Crippen LogP contribution in [0.3, 0.4) is 0 Å². The topological polar surface area (TPSA) is 42.7 Å². The van der Waals surface area contributed by atoms with E-state index in [1.165, 1.54) is 225 Å². The summed E-state index contributed by atoms with van der Waals surface area (Å²) in [5.74, 6) is 0. The maximum atomic E-state index is 6.09. The number of para-hydroxylation sites is 9. The number of hydrogen-bond acceptors (Lipinski definition) is 1. The van der Waals surface area contributed by atoms with Crippen LogP contribution in [-0.2, 0) is 10.8 Å². The van der Waals surface area contributed by atoms with Crippen LogP contribution in [0.25, 0.3) is 242 Å². The zero-order chi connectivity index (χ0) is 90.6. The molecule has 7 heterocycles. The second-order valence-electron chi connectivity index (χ2n) is 38.1. The Morgan fingerprint density at radius 2 is 0.482 bits per heavy atom. The third-order valence-corrected chi connectivity index (χ3v) is 30.1. The van der Waals surface area contributed by atoms with E-state index < -0.39 is 0 Å². The van der Waals surface area contributed by atoms with E-state index in [0.717, 1.165) is 39.0 Å². The molecule has 7 aromatic heterocycles. The Labute approximate surface area is 790 Å².